The first kappa shape index (κ1) is 11.1. The number of hydrogen-bond donors (Lipinski definition) is 0. The van der Waals surface area contributed by atoms with Crippen LogP contribution in [0.5, 0.6) is 0 Å². The van der Waals surface area contributed by atoms with Crippen molar-refractivity contribution in [3.8, 4) is 0 Å². The molecule has 0 aromatic rings. The summed E-state index contributed by atoms with van der Waals surface area (Å²) in [6, 6.07) is -0.408. The average molecular weight is 224 g/mol. The molecule has 5 nitrogen and oxygen atoms in total. The van der Waals surface area contributed by atoms with Crippen molar-refractivity contribution < 1.29 is 14.4 Å². The van der Waals surface area contributed by atoms with E-state index in [0.29, 0.717) is 25.9 Å². The Hall–Kier alpha value is -1.39. The van der Waals surface area contributed by atoms with E-state index < -0.39 is 6.03 Å². The SMILES string of the molecule is O=C1CCCCN1C(=O)N1CCCCC1=O. The lowest BCUT2D eigenvalue weighted by Crippen LogP contribution is -2.51. The van der Waals surface area contributed by atoms with Gasteiger partial charge in [-0.15, -0.1) is 0 Å². The lowest BCUT2D eigenvalue weighted by Gasteiger charge is -2.32. The predicted octanol–water partition coefficient (Wildman–Crippen LogP) is 1.13. The van der Waals surface area contributed by atoms with Gasteiger partial charge in [-0.3, -0.25) is 19.4 Å². The molecule has 4 amide bonds. The van der Waals surface area contributed by atoms with Gasteiger partial charge in [-0.25, -0.2) is 4.79 Å². The highest BCUT2D eigenvalue weighted by atomic mass is 16.2. The number of rotatable bonds is 0. The normalized spacial score (nSPS) is 22.5. The molecule has 88 valence electrons. The lowest BCUT2D eigenvalue weighted by molar-refractivity contribution is -0.134. The molecular formula is C11H16N2O3. The Kier molecular flexibility index (Phi) is 3.22. The van der Waals surface area contributed by atoms with E-state index in [1.807, 2.05) is 0 Å². The Morgan fingerprint density at radius 3 is 1.62 bits per heavy atom. The molecule has 2 aliphatic rings. The summed E-state index contributed by atoms with van der Waals surface area (Å²) in [6.45, 7) is 0.920. The fourth-order valence-electron chi connectivity index (χ4n) is 2.16. The van der Waals surface area contributed by atoms with E-state index in [4.69, 9.17) is 0 Å². The molecule has 2 heterocycles. The van der Waals surface area contributed by atoms with Crippen LogP contribution in [0.4, 0.5) is 4.79 Å². The summed E-state index contributed by atoms with van der Waals surface area (Å²) in [7, 11) is 0. The Morgan fingerprint density at radius 1 is 0.812 bits per heavy atom. The van der Waals surface area contributed by atoms with Gasteiger partial charge in [0, 0.05) is 25.9 Å². The second-order valence-corrected chi connectivity index (χ2v) is 4.29. The van der Waals surface area contributed by atoms with Gasteiger partial charge in [0.05, 0.1) is 0 Å². The average Bonchev–Trinajstić information content (AvgIpc) is 2.29. The highest BCUT2D eigenvalue weighted by Gasteiger charge is 2.32. The molecule has 0 atom stereocenters. The molecule has 0 spiro atoms. The summed E-state index contributed by atoms with van der Waals surface area (Å²) in [5, 5.41) is 0. The molecule has 0 radical (unpaired) electrons. The largest absolute Gasteiger partial charge is 0.333 e. The zero-order valence-electron chi connectivity index (χ0n) is 9.28. The van der Waals surface area contributed by atoms with Crippen molar-refractivity contribution in [2.45, 2.75) is 38.5 Å². The predicted molar refractivity (Wildman–Crippen MR) is 56.5 cm³/mol. The second-order valence-electron chi connectivity index (χ2n) is 4.29. The van der Waals surface area contributed by atoms with Crippen molar-refractivity contribution in [1.29, 1.82) is 0 Å². The fraction of sp³-hybridized carbons (Fsp3) is 0.727. The van der Waals surface area contributed by atoms with Crippen LogP contribution in [-0.4, -0.2) is 40.7 Å². The maximum absolute atomic E-state index is 12.0. The van der Waals surface area contributed by atoms with Crippen molar-refractivity contribution in [2.24, 2.45) is 0 Å². The standard InChI is InChI=1S/C11H16N2O3/c14-9-5-1-3-7-12(9)11(16)13-8-4-2-6-10(13)15/h1-8H2. The first-order valence-electron chi connectivity index (χ1n) is 5.85. The van der Waals surface area contributed by atoms with Gasteiger partial charge < -0.3 is 0 Å². The van der Waals surface area contributed by atoms with Crippen molar-refractivity contribution >= 4 is 17.8 Å². The molecule has 2 rings (SSSR count). The molecule has 0 saturated carbocycles. The Labute approximate surface area is 94.4 Å². The quantitative estimate of drug-likeness (QED) is 0.619. The van der Waals surface area contributed by atoms with Crippen LogP contribution < -0.4 is 0 Å². The Morgan fingerprint density at radius 2 is 1.25 bits per heavy atom. The van der Waals surface area contributed by atoms with Gasteiger partial charge in [-0.05, 0) is 25.7 Å². The van der Waals surface area contributed by atoms with E-state index in [1.54, 1.807) is 0 Å². The molecule has 5 heteroatoms. The third-order valence-electron chi connectivity index (χ3n) is 3.11. The number of nitrogens with zero attached hydrogens (tertiary/aromatic N) is 2. The fourth-order valence-corrected chi connectivity index (χ4v) is 2.16. The zero-order valence-corrected chi connectivity index (χ0v) is 9.28. The zero-order chi connectivity index (χ0) is 11.5. The summed E-state index contributed by atoms with van der Waals surface area (Å²) in [5.41, 5.74) is 0. The number of imide groups is 2. The maximum atomic E-state index is 12.0. The highest BCUT2D eigenvalue weighted by molar-refractivity contribution is 6.02. The molecular weight excluding hydrogens is 208 g/mol. The van der Waals surface area contributed by atoms with Crippen LogP contribution in [0.2, 0.25) is 0 Å². The van der Waals surface area contributed by atoms with Crippen molar-refractivity contribution in [1.82, 2.24) is 9.80 Å². The molecule has 0 unspecified atom stereocenters. The molecule has 0 aromatic heterocycles. The number of carbonyl (C=O) groups is 3. The van der Waals surface area contributed by atoms with Crippen LogP contribution in [0.3, 0.4) is 0 Å². The number of urea groups is 1. The summed E-state index contributed by atoms with van der Waals surface area (Å²) >= 11 is 0. The van der Waals surface area contributed by atoms with Gasteiger partial charge in [0.25, 0.3) is 0 Å². The van der Waals surface area contributed by atoms with Crippen LogP contribution in [0.1, 0.15) is 38.5 Å². The van der Waals surface area contributed by atoms with Gasteiger partial charge in [-0.1, -0.05) is 0 Å². The van der Waals surface area contributed by atoms with Gasteiger partial charge in [0.1, 0.15) is 0 Å². The number of hydrogen-bond acceptors (Lipinski definition) is 3. The third-order valence-corrected chi connectivity index (χ3v) is 3.11. The van der Waals surface area contributed by atoms with Crippen molar-refractivity contribution in [3.63, 3.8) is 0 Å². The smallest absolute Gasteiger partial charge is 0.274 e. The first-order valence-corrected chi connectivity index (χ1v) is 5.85. The number of carbonyl (C=O) groups excluding carboxylic acids is 3. The monoisotopic (exact) mass is 224 g/mol. The van der Waals surface area contributed by atoms with Crippen molar-refractivity contribution in [2.75, 3.05) is 13.1 Å². The van der Waals surface area contributed by atoms with E-state index >= 15 is 0 Å². The van der Waals surface area contributed by atoms with Gasteiger partial charge in [0.15, 0.2) is 0 Å². The molecule has 0 N–H and O–H groups in total. The van der Waals surface area contributed by atoms with E-state index in [1.165, 1.54) is 9.80 Å². The lowest BCUT2D eigenvalue weighted by atomic mass is 10.1. The molecule has 2 saturated heterocycles. The Bertz CT molecular complexity index is 297. The van der Waals surface area contributed by atoms with Crippen LogP contribution in [0.25, 0.3) is 0 Å². The van der Waals surface area contributed by atoms with Gasteiger partial charge in [0.2, 0.25) is 11.8 Å². The summed E-state index contributed by atoms with van der Waals surface area (Å²) in [5.74, 6) is -0.288. The number of likely N-dealkylation sites (tertiary alicyclic amines) is 2. The third kappa shape index (κ3) is 2.08. The maximum Gasteiger partial charge on any atom is 0.333 e. The molecule has 0 bridgehead atoms. The van der Waals surface area contributed by atoms with Crippen LogP contribution in [0, 0.1) is 0 Å². The molecule has 16 heavy (non-hydrogen) atoms. The minimum Gasteiger partial charge on any atom is -0.274 e. The summed E-state index contributed by atoms with van der Waals surface area (Å²) in [6.07, 6.45) is 4.23. The van der Waals surface area contributed by atoms with Gasteiger partial charge >= 0.3 is 6.03 Å². The topological polar surface area (TPSA) is 57.7 Å². The second kappa shape index (κ2) is 4.63. The molecule has 0 aromatic carbocycles. The van der Waals surface area contributed by atoms with Crippen molar-refractivity contribution in [3.05, 3.63) is 0 Å². The van der Waals surface area contributed by atoms with Crippen LogP contribution in [-0.2, 0) is 9.59 Å². The van der Waals surface area contributed by atoms with E-state index in [0.717, 1.165) is 25.7 Å². The molecule has 2 fully saturated rings. The minimum absolute atomic E-state index is 0.144. The molecule has 2 aliphatic heterocycles. The van der Waals surface area contributed by atoms with Gasteiger partial charge in [-0.2, -0.15) is 0 Å². The minimum atomic E-state index is -0.408. The number of amides is 4. The number of piperidine rings is 2. The van der Waals surface area contributed by atoms with E-state index in [9.17, 15) is 14.4 Å². The highest BCUT2D eigenvalue weighted by Crippen LogP contribution is 2.17. The summed E-state index contributed by atoms with van der Waals surface area (Å²) in [4.78, 5) is 37.5. The Balaban J connectivity index is 2.05. The van der Waals surface area contributed by atoms with E-state index in [2.05, 4.69) is 0 Å². The van der Waals surface area contributed by atoms with Crippen LogP contribution >= 0.6 is 0 Å². The van der Waals surface area contributed by atoms with E-state index in [-0.39, 0.29) is 11.8 Å². The van der Waals surface area contributed by atoms with Crippen LogP contribution in [0.15, 0.2) is 0 Å². The molecule has 0 aliphatic carbocycles. The first-order chi connectivity index (χ1) is 7.70. The summed E-state index contributed by atoms with van der Waals surface area (Å²) < 4.78 is 0.